The number of oxazole rings is 1. The molecule has 126 heavy (non-hydrogen) atoms. The summed E-state index contributed by atoms with van der Waals surface area (Å²) in [6.07, 6.45) is 11.3. The van der Waals surface area contributed by atoms with E-state index in [4.69, 9.17) is 93.0 Å². The third kappa shape index (κ3) is 32.8. The summed E-state index contributed by atoms with van der Waals surface area (Å²) < 4.78 is 87.4. The Hall–Kier alpha value is -8.64. The van der Waals surface area contributed by atoms with E-state index in [2.05, 4.69) is 30.9 Å². The number of ketones is 3. The second kappa shape index (κ2) is 54.6. The Bertz CT molecular complexity index is 4200. The molecule has 1 aromatic carbocycles. The number of carbonyl (C=O) groups excluding carboxylic acids is 8. The molecule has 8 rings (SSSR count). The lowest BCUT2D eigenvalue weighted by atomic mass is 9.80. The highest BCUT2D eigenvalue weighted by Gasteiger charge is 2.53. The lowest BCUT2D eigenvalue weighted by Gasteiger charge is -2.42. The van der Waals surface area contributed by atoms with Crippen molar-refractivity contribution in [2.75, 3.05) is 165 Å². The highest BCUT2D eigenvalue weighted by molar-refractivity contribution is 6.39. The van der Waals surface area contributed by atoms with E-state index in [9.17, 15) is 48.6 Å². The number of aromatic nitrogens is 5. The maximum atomic E-state index is 14.7. The van der Waals surface area contributed by atoms with Crippen molar-refractivity contribution < 1.29 is 119 Å². The number of methoxy groups -OCH3 is 3. The van der Waals surface area contributed by atoms with Gasteiger partial charge in [-0.3, -0.25) is 28.8 Å². The van der Waals surface area contributed by atoms with Crippen LogP contribution in [-0.2, 0) is 106 Å². The van der Waals surface area contributed by atoms with Crippen molar-refractivity contribution in [3.63, 3.8) is 0 Å². The Kier molecular flexibility index (Phi) is 44.5. The number of hydrogen-bond acceptors (Lipinski definition) is 32. The third-order valence-corrected chi connectivity index (χ3v) is 23.1. The summed E-state index contributed by atoms with van der Waals surface area (Å²) in [6.45, 7) is 17.0. The molecule has 37 nitrogen and oxygen atoms in total. The molecular formula is C89H136N12O25. The number of aliphatic hydroxyl groups is 2. The number of nitrogens with two attached hydrogens (primary N) is 3. The average molecular weight is 1770 g/mol. The van der Waals surface area contributed by atoms with Gasteiger partial charge >= 0.3 is 12.1 Å². The number of cyclic esters (lactones) is 1. The van der Waals surface area contributed by atoms with Crippen LogP contribution in [0, 0.1) is 29.6 Å². The quantitative estimate of drug-likeness (QED) is 0.0104. The van der Waals surface area contributed by atoms with E-state index in [-0.39, 0.29) is 120 Å². The van der Waals surface area contributed by atoms with Crippen LogP contribution in [0.15, 0.2) is 76.5 Å². The number of allylic oxidation sites excluding steroid dienone is 6. The lowest BCUT2D eigenvalue weighted by molar-refractivity contribution is -0.265. The van der Waals surface area contributed by atoms with Gasteiger partial charge in [0.15, 0.2) is 17.0 Å². The van der Waals surface area contributed by atoms with Gasteiger partial charge < -0.3 is 119 Å². The maximum Gasteiger partial charge on any atom is 0.407 e. The smallest absolute Gasteiger partial charge is 0.407 e. The molecule has 3 aliphatic heterocycles. The van der Waals surface area contributed by atoms with Crippen LogP contribution in [-0.4, -0.2) is 301 Å². The van der Waals surface area contributed by atoms with Crippen LogP contribution in [0.5, 0.6) is 0 Å². The monoisotopic (exact) mass is 1770 g/mol. The van der Waals surface area contributed by atoms with Gasteiger partial charge in [-0.2, -0.15) is 10.1 Å². The third-order valence-electron chi connectivity index (χ3n) is 23.1. The molecule has 3 fully saturated rings. The summed E-state index contributed by atoms with van der Waals surface area (Å²) in [5.74, 6) is -8.70. The van der Waals surface area contributed by atoms with Crippen LogP contribution in [0.25, 0.3) is 33.4 Å². The molecule has 4 aliphatic rings. The number of hydrogen-bond donors (Lipinski definition) is 8. The molecule has 1 aliphatic carbocycles. The first-order valence-electron chi connectivity index (χ1n) is 44.2. The number of piperidine rings is 1. The summed E-state index contributed by atoms with van der Waals surface area (Å²) in [7, 11) is 4.42. The first kappa shape index (κ1) is 103. The zero-order valence-electron chi connectivity index (χ0n) is 74.7. The fraction of sp³-hybridized carbons (Fsp3) is 0.685. The number of nitrogens with zero attached hydrogens (tertiary/aromatic N) is 6. The van der Waals surface area contributed by atoms with Crippen LogP contribution in [0.3, 0.4) is 0 Å². The molecule has 1 saturated carbocycles. The van der Waals surface area contributed by atoms with Crippen molar-refractivity contribution in [3.8, 4) is 11.3 Å². The van der Waals surface area contributed by atoms with E-state index in [0.29, 0.717) is 183 Å². The maximum absolute atomic E-state index is 14.7. The highest BCUT2D eigenvalue weighted by Crippen LogP contribution is 2.39. The van der Waals surface area contributed by atoms with Crippen LogP contribution in [0.2, 0.25) is 0 Å². The number of nitrogen functional groups attached to an aromatic ring is 2. The number of esters is 1. The van der Waals surface area contributed by atoms with E-state index in [1.165, 1.54) is 20.5 Å². The molecule has 0 spiro atoms. The van der Waals surface area contributed by atoms with E-state index in [1.807, 2.05) is 56.4 Å². The zero-order valence-corrected chi connectivity index (χ0v) is 74.7. The summed E-state index contributed by atoms with van der Waals surface area (Å²) in [6, 6.07) is 3.32. The largest absolute Gasteiger partial charge is 0.459 e. The molecule has 11 N–H and O–H groups in total. The number of aliphatic hydroxyl groups excluding tert-OH is 1. The predicted octanol–water partition coefficient (Wildman–Crippen LogP) is 6.34. The molecule has 15 atom stereocenters. The fourth-order valence-corrected chi connectivity index (χ4v) is 15.8. The topological polar surface area (TPSA) is 493 Å². The van der Waals surface area contributed by atoms with Crippen molar-refractivity contribution in [2.24, 2.45) is 35.3 Å². The minimum absolute atomic E-state index is 0.00411. The van der Waals surface area contributed by atoms with Crippen LogP contribution >= 0.6 is 0 Å². The lowest BCUT2D eigenvalue weighted by Crippen LogP contribution is -2.61. The minimum Gasteiger partial charge on any atom is -0.459 e. The fourth-order valence-electron chi connectivity index (χ4n) is 15.8. The number of ether oxygens (including phenoxy) is 14. The molecule has 3 aromatic heterocycles. The van der Waals surface area contributed by atoms with Gasteiger partial charge in [0, 0.05) is 109 Å². The predicted molar refractivity (Wildman–Crippen MR) is 464 cm³/mol. The van der Waals surface area contributed by atoms with Gasteiger partial charge in [0.1, 0.15) is 59.6 Å². The zero-order chi connectivity index (χ0) is 90.9. The number of anilines is 2. The summed E-state index contributed by atoms with van der Waals surface area (Å²) >= 11 is 0. The molecular weight excluding hydrogens is 1640 g/mol. The summed E-state index contributed by atoms with van der Waals surface area (Å²) in [5.41, 5.74) is 23.4. The van der Waals surface area contributed by atoms with Crippen molar-refractivity contribution in [1.82, 2.24) is 45.6 Å². The van der Waals surface area contributed by atoms with Crippen LogP contribution < -0.4 is 33.2 Å². The van der Waals surface area contributed by atoms with Gasteiger partial charge in [-0.05, 0) is 132 Å². The molecule has 702 valence electrons. The first-order chi connectivity index (χ1) is 60.7. The number of aryl methyl sites for hydroxylation is 1. The number of Topliss-reactive ketones (excluding diaryl/α,β-unsaturated/α-hetero) is 3. The molecule has 6 heterocycles. The summed E-state index contributed by atoms with van der Waals surface area (Å²) in [4.78, 5) is 124. The Labute approximate surface area is 737 Å². The number of alkyl carbamates (subject to hydrolysis) is 1. The number of nitrogens with one attached hydrogen (secondary N) is 3. The summed E-state index contributed by atoms with van der Waals surface area (Å²) in [5, 5.41) is 37.6. The first-order valence-corrected chi connectivity index (χ1v) is 44.2. The number of amides is 4. The molecule has 2 saturated heterocycles. The van der Waals surface area contributed by atoms with E-state index < -0.39 is 108 Å². The van der Waals surface area contributed by atoms with Gasteiger partial charge in [-0.15, -0.1) is 0 Å². The Morgan fingerprint density at radius 1 is 0.683 bits per heavy atom. The molecule has 37 heteroatoms. The van der Waals surface area contributed by atoms with Crippen molar-refractivity contribution >= 4 is 81.1 Å². The standard InChI is InChI=1S/C89H136N12O25/c1-57-17-11-10-12-18-58(2)72(112-7)54-65-23-20-62(6)89(111,126-65)82(107)85(108)100-31-15-13-19-68(100)86(109)123-73(55-69(102)59(3)50-61(5)80(106)81(114-9)79(105)60(4)49-57)66(90)51-63-21-24-71(74(52-63)113-8)125-88(110)95-30-36-118-40-44-122-48-46-120-42-38-116-34-27-76(104)94-29-35-117-39-43-121-47-45-119-41-37-115-33-26-75(103)93-28-14-16-32-101-84-77(83(91)96-56-97-84)78(99-101)64-22-25-70-67(53-64)98-87(92)124-70/h10-12,17-18,22,25,50,53,56-57,59-60,62-63,65-66,68,71-74,80-81,106,111H,13-16,19-21,23-24,26-49,51-52,54-55,90H2,1-9H3,(H2,92,98)(H,93,103)(H,94,104)(H,95,110)(H2,91,96,97)/b12-10?,17-11+,58-18?,61-50+/t57-,59-,60-,62-,63+,65+,66-,68+,71-,72+,73+,74-,80-,81+,89-/m1/s1. The minimum atomic E-state index is -2.51. The van der Waals surface area contributed by atoms with Gasteiger partial charge in [0.25, 0.3) is 17.7 Å². The van der Waals surface area contributed by atoms with Gasteiger partial charge in [0.05, 0.1) is 129 Å². The second-order valence-corrected chi connectivity index (χ2v) is 32.7. The highest BCUT2D eigenvalue weighted by atomic mass is 16.6. The Balaban J connectivity index is 0.635. The van der Waals surface area contributed by atoms with Crippen LogP contribution in [0.4, 0.5) is 16.6 Å². The van der Waals surface area contributed by atoms with E-state index >= 15 is 0 Å². The number of rotatable bonds is 43. The number of carbonyl (C=O) groups is 8. The van der Waals surface area contributed by atoms with E-state index in [0.717, 1.165) is 28.9 Å². The number of unbranched alkanes of at least 4 members (excludes halogenated alkanes) is 1. The van der Waals surface area contributed by atoms with Gasteiger partial charge in [0.2, 0.25) is 17.6 Å². The number of fused-ring (bicyclic) bond motifs is 5. The van der Waals surface area contributed by atoms with Crippen molar-refractivity contribution in [3.05, 3.63) is 72.1 Å². The van der Waals surface area contributed by atoms with Crippen molar-refractivity contribution in [2.45, 2.75) is 211 Å². The van der Waals surface area contributed by atoms with Crippen LogP contribution in [0.1, 0.15) is 144 Å². The SMILES string of the molecule is CO[C@H]1C[C@@H]2CC[C@@H](C)[C@@](O)(O2)C(=O)C(=O)N2CCCC[C@H]2C(=O)O[C@H]([C@H](N)C[C@@H]2CC[C@@H](OC(=O)NCCOCCOCCOCCOCCC(=O)NCCOCCOCCOCCOCCC(=O)NCCCCn3nc(-c4ccc5oc(N)nc5c4)c4c(N)ncnc43)[C@H](OC)C2)CC(=O)[C@H](C)/C=C(\C)[C@@H](O)[C@@H](OC)C(=O)[C@H](C)C[C@H](C)/C=C/C=CC=C1C. The molecule has 0 radical (unpaired) electrons. The van der Waals surface area contributed by atoms with Gasteiger partial charge in [-0.1, -0.05) is 64.2 Å². The molecule has 0 unspecified atom stereocenters. The molecule has 4 aromatic rings. The second-order valence-electron chi connectivity index (χ2n) is 32.7. The molecule has 4 amide bonds. The number of benzene rings is 1. The normalized spacial score (nSPS) is 25.8. The Morgan fingerprint density at radius 3 is 1.96 bits per heavy atom. The Morgan fingerprint density at radius 2 is 1.32 bits per heavy atom. The van der Waals surface area contributed by atoms with Gasteiger partial charge in [-0.25, -0.2) is 24.2 Å². The van der Waals surface area contributed by atoms with Crippen molar-refractivity contribution in [1.29, 1.82) is 0 Å². The van der Waals surface area contributed by atoms with E-state index in [1.54, 1.807) is 51.6 Å². The molecule has 2 bridgehead atoms. The average Bonchev–Trinajstić information content (AvgIpc) is 1.41.